The number of rotatable bonds is 3. The van der Waals surface area contributed by atoms with E-state index in [-0.39, 0.29) is 24.2 Å². The maximum Gasteiger partial charge on any atom is 0.414 e. The van der Waals surface area contributed by atoms with Crippen LogP contribution in [0.4, 0.5) is 10.5 Å². The van der Waals surface area contributed by atoms with E-state index < -0.39 is 15.9 Å². The van der Waals surface area contributed by atoms with E-state index in [4.69, 9.17) is 17.0 Å². The van der Waals surface area contributed by atoms with Crippen molar-refractivity contribution in [1.29, 1.82) is 0 Å². The summed E-state index contributed by atoms with van der Waals surface area (Å²) < 4.78 is 28.8. The minimum absolute atomic E-state index is 0.0288. The molecule has 0 saturated carbocycles. The van der Waals surface area contributed by atoms with Gasteiger partial charge >= 0.3 is 6.09 Å². The number of cyclic esters (lactones) is 1. The Bertz CT molecular complexity index is 761. The van der Waals surface area contributed by atoms with Crippen molar-refractivity contribution in [2.45, 2.75) is 25.1 Å². The van der Waals surface area contributed by atoms with Gasteiger partial charge in [0.25, 0.3) is 0 Å². The average Bonchev–Trinajstić information content (AvgIpc) is 2.84. The van der Waals surface area contributed by atoms with Gasteiger partial charge in [-0.2, -0.15) is 0 Å². The Balaban J connectivity index is 1.88. The molecule has 0 aromatic heterocycles. The molecule has 1 amide bonds. The molecular formula is C15H18N2O4S2. The fourth-order valence-corrected chi connectivity index (χ4v) is 4.40. The number of fused-ring (bicyclic) bond motifs is 1. The van der Waals surface area contributed by atoms with Crippen molar-refractivity contribution in [3.8, 4) is 0 Å². The fraction of sp³-hybridized carbons (Fsp3) is 0.467. The van der Waals surface area contributed by atoms with E-state index in [1.165, 1.54) is 0 Å². The highest BCUT2D eigenvalue weighted by Crippen LogP contribution is 2.29. The monoisotopic (exact) mass is 354 g/mol. The molecule has 8 heteroatoms. The summed E-state index contributed by atoms with van der Waals surface area (Å²) in [5, 5.41) is 3.04. The summed E-state index contributed by atoms with van der Waals surface area (Å²) in [6.07, 6.45) is 0.106. The molecule has 124 valence electrons. The predicted octanol–water partition coefficient (Wildman–Crippen LogP) is 1.42. The van der Waals surface area contributed by atoms with E-state index >= 15 is 0 Å². The number of nitrogens with zero attached hydrogens (tertiary/aromatic N) is 1. The van der Waals surface area contributed by atoms with Crippen LogP contribution < -0.4 is 10.2 Å². The molecule has 3 rings (SSSR count). The van der Waals surface area contributed by atoms with Crippen molar-refractivity contribution in [1.82, 2.24) is 5.32 Å². The zero-order valence-electron chi connectivity index (χ0n) is 12.7. The van der Waals surface area contributed by atoms with Crippen LogP contribution in [0.3, 0.4) is 0 Å². The fourth-order valence-electron chi connectivity index (χ4n) is 2.90. The first-order valence-electron chi connectivity index (χ1n) is 7.38. The van der Waals surface area contributed by atoms with E-state index in [0.29, 0.717) is 23.6 Å². The summed E-state index contributed by atoms with van der Waals surface area (Å²) in [6.45, 7) is 2.56. The first-order valence-corrected chi connectivity index (χ1v) is 9.61. The standard InChI is InChI=1S/C15H18N2O4S2/c1-10(22)16-7-14-8-21-15(18)17(14)13-3-2-11-4-5-23(19,20)9-12(11)6-13/h2-3,6,14H,4-5,7-9H2,1H3,(H,16,22). The number of thiocarbonyl (C=S) groups is 1. The first kappa shape index (κ1) is 16.2. The van der Waals surface area contributed by atoms with Crippen LogP contribution in [-0.2, 0) is 26.7 Å². The van der Waals surface area contributed by atoms with Crippen LogP contribution in [0, 0.1) is 0 Å². The number of benzene rings is 1. The molecule has 2 aliphatic heterocycles. The van der Waals surface area contributed by atoms with Gasteiger partial charge < -0.3 is 10.1 Å². The molecule has 1 fully saturated rings. The summed E-state index contributed by atoms with van der Waals surface area (Å²) in [4.78, 5) is 14.3. The second-order valence-corrected chi connectivity index (χ2v) is 8.63. The summed E-state index contributed by atoms with van der Waals surface area (Å²) in [6, 6.07) is 5.37. The SMILES string of the molecule is CC(=S)NCC1COC(=O)N1c1ccc2c(c1)CS(=O)(=O)CC2. The van der Waals surface area contributed by atoms with Gasteiger partial charge in [0, 0.05) is 12.2 Å². The van der Waals surface area contributed by atoms with Gasteiger partial charge in [-0.1, -0.05) is 18.3 Å². The molecule has 23 heavy (non-hydrogen) atoms. The third-order valence-electron chi connectivity index (χ3n) is 4.07. The molecule has 1 saturated heterocycles. The number of hydrogen-bond acceptors (Lipinski definition) is 5. The highest BCUT2D eigenvalue weighted by molar-refractivity contribution is 7.90. The zero-order chi connectivity index (χ0) is 16.6. The van der Waals surface area contributed by atoms with Crippen molar-refractivity contribution in [3.05, 3.63) is 29.3 Å². The lowest BCUT2D eigenvalue weighted by Crippen LogP contribution is -2.42. The average molecular weight is 354 g/mol. The Labute approximate surface area is 140 Å². The first-order chi connectivity index (χ1) is 10.9. The molecule has 1 aromatic rings. The second kappa shape index (κ2) is 6.09. The van der Waals surface area contributed by atoms with Gasteiger partial charge in [-0.15, -0.1) is 0 Å². The lowest BCUT2D eigenvalue weighted by Gasteiger charge is -2.24. The summed E-state index contributed by atoms with van der Waals surface area (Å²) in [5.41, 5.74) is 2.46. The van der Waals surface area contributed by atoms with E-state index in [1.54, 1.807) is 17.9 Å². The number of ether oxygens (including phenoxy) is 1. The van der Waals surface area contributed by atoms with Crippen LogP contribution in [0.5, 0.6) is 0 Å². The minimum atomic E-state index is -3.05. The molecule has 1 N–H and O–H groups in total. The van der Waals surface area contributed by atoms with E-state index in [0.717, 1.165) is 11.1 Å². The molecule has 0 radical (unpaired) electrons. The third-order valence-corrected chi connectivity index (χ3v) is 5.79. The van der Waals surface area contributed by atoms with Crippen LogP contribution in [0.25, 0.3) is 0 Å². The molecular weight excluding hydrogens is 336 g/mol. The largest absolute Gasteiger partial charge is 0.447 e. The summed E-state index contributed by atoms with van der Waals surface area (Å²) in [7, 11) is -3.05. The normalized spacial score (nSPS) is 22.4. The molecule has 1 atom stereocenters. The Kier molecular flexibility index (Phi) is 4.29. The highest BCUT2D eigenvalue weighted by Gasteiger charge is 2.34. The molecule has 0 aliphatic carbocycles. The molecule has 6 nitrogen and oxygen atoms in total. The Morgan fingerprint density at radius 3 is 2.96 bits per heavy atom. The quantitative estimate of drug-likeness (QED) is 0.828. The predicted molar refractivity (Wildman–Crippen MR) is 91.5 cm³/mol. The van der Waals surface area contributed by atoms with Crippen molar-refractivity contribution < 1.29 is 17.9 Å². The van der Waals surface area contributed by atoms with Gasteiger partial charge in [0.05, 0.1) is 22.5 Å². The Hall–Kier alpha value is -1.67. The molecule has 2 aliphatic rings. The van der Waals surface area contributed by atoms with Crippen LogP contribution >= 0.6 is 12.2 Å². The smallest absolute Gasteiger partial charge is 0.414 e. The molecule has 1 unspecified atom stereocenters. The molecule has 1 aromatic carbocycles. The van der Waals surface area contributed by atoms with Gasteiger partial charge in [-0.3, -0.25) is 4.90 Å². The van der Waals surface area contributed by atoms with Gasteiger partial charge in [0.2, 0.25) is 0 Å². The Morgan fingerprint density at radius 2 is 2.22 bits per heavy atom. The minimum Gasteiger partial charge on any atom is -0.447 e. The number of nitrogens with one attached hydrogen (secondary N) is 1. The number of aryl methyl sites for hydroxylation is 1. The van der Waals surface area contributed by atoms with Crippen molar-refractivity contribution in [2.75, 3.05) is 23.8 Å². The van der Waals surface area contributed by atoms with Crippen LogP contribution in [0.1, 0.15) is 18.1 Å². The lowest BCUT2D eigenvalue weighted by molar-refractivity contribution is 0.179. The number of sulfone groups is 1. The summed E-state index contributed by atoms with van der Waals surface area (Å²) >= 11 is 5.00. The van der Waals surface area contributed by atoms with E-state index in [1.807, 2.05) is 12.1 Å². The number of amides is 1. The Morgan fingerprint density at radius 1 is 1.43 bits per heavy atom. The van der Waals surface area contributed by atoms with Crippen molar-refractivity contribution in [3.63, 3.8) is 0 Å². The third kappa shape index (κ3) is 3.48. The summed E-state index contributed by atoms with van der Waals surface area (Å²) in [5.74, 6) is 0.215. The van der Waals surface area contributed by atoms with Gasteiger partial charge in [0.1, 0.15) is 6.61 Å². The lowest BCUT2D eigenvalue weighted by atomic mass is 10.0. The number of hydrogen-bond donors (Lipinski definition) is 1. The maximum absolute atomic E-state index is 12.1. The van der Waals surface area contributed by atoms with E-state index in [9.17, 15) is 13.2 Å². The number of carbonyl (C=O) groups excluding carboxylic acids is 1. The number of anilines is 1. The molecule has 0 spiro atoms. The second-order valence-electron chi connectivity index (χ2n) is 5.83. The molecule has 2 heterocycles. The van der Waals surface area contributed by atoms with E-state index in [2.05, 4.69) is 5.32 Å². The van der Waals surface area contributed by atoms with Crippen molar-refractivity contribution >= 4 is 38.8 Å². The topological polar surface area (TPSA) is 75.7 Å². The highest BCUT2D eigenvalue weighted by atomic mass is 32.2. The van der Waals surface area contributed by atoms with Gasteiger partial charge in [-0.05, 0) is 36.6 Å². The maximum atomic E-state index is 12.1. The number of carbonyl (C=O) groups is 1. The molecule has 0 bridgehead atoms. The van der Waals surface area contributed by atoms with Gasteiger partial charge in [-0.25, -0.2) is 13.2 Å². The van der Waals surface area contributed by atoms with Crippen molar-refractivity contribution in [2.24, 2.45) is 0 Å². The van der Waals surface area contributed by atoms with Crippen LogP contribution in [0.2, 0.25) is 0 Å². The van der Waals surface area contributed by atoms with Gasteiger partial charge in [0.15, 0.2) is 9.84 Å². The zero-order valence-corrected chi connectivity index (χ0v) is 14.4. The van der Waals surface area contributed by atoms with Crippen LogP contribution in [0.15, 0.2) is 18.2 Å². The van der Waals surface area contributed by atoms with Crippen LogP contribution in [-0.4, -0.2) is 44.4 Å².